The first-order valence-electron chi connectivity index (χ1n) is 8.11. The molecule has 0 saturated carbocycles. The zero-order valence-corrected chi connectivity index (χ0v) is 13.5. The maximum absolute atomic E-state index is 8.81. The molecule has 0 aliphatic heterocycles. The van der Waals surface area contributed by atoms with Crippen LogP contribution in [0, 0.1) is 18.8 Å². The molecule has 0 atom stereocenters. The summed E-state index contributed by atoms with van der Waals surface area (Å²) in [6.45, 7) is 4.90. The van der Waals surface area contributed by atoms with E-state index in [1.807, 2.05) is 25.1 Å². The number of aliphatic hydroxyl groups is 1. The van der Waals surface area contributed by atoms with E-state index in [2.05, 4.69) is 18.8 Å². The Morgan fingerprint density at radius 1 is 1.05 bits per heavy atom. The minimum atomic E-state index is -0.120. The van der Waals surface area contributed by atoms with Gasteiger partial charge in [-0.3, -0.25) is 0 Å². The molecule has 21 heavy (non-hydrogen) atoms. The van der Waals surface area contributed by atoms with Crippen LogP contribution in [0.3, 0.4) is 0 Å². The van der Waals surface area contributed by atoms with Gasteiger partial charge in [0.2, 0.25) is 0 Å². The van der Waals surface area contributed by atoms with Crippen LogP contribution >= 0.6 is 0 Å². The lowest BCUT2D eigenvalue weighted by atomic mass is 10.1. The van der Waals surface area contributed by atoms with Crippen molar-refractivity contribution in [3.8, 4) is 17.6 Å². The van der Waals surface area contributed by atoms with Crippen LogP contribution in [0.1, 0.15) is 63.0 Å². The van der Waals surface area contributed by atoms with Crippen LogP contribution in [0.4, 0.5) is 0 Å². The largest absolute Gasteiger partial charge is 0.492 e. The van der Waals surface area contributed by atoms with Crippen LogP contribution in [0.2, 0.25) is 0 Å². The Labute approximate surface area is 129 Å². The summed E-state index contributed by atoms with van der Waals surface area (Å²) in [4.78, 5) is 0. The van der Waals surface area contributed by atoms with E-state index in [4.69, 9.17) is 9.84 Å². The second kappa shape index (κ2) is 11.2. The maximum Gasteiger partial charge on any atom is 0.134 e. The third-order valence-corrected chi connectivity index (χ3v) is 3.44. The lowest BCUT2D eigenvalue weighted by molar-refractivity contribution is 0.303. The normalized spacial score (nSPS) is 10.0. The Kier molecular flexibility index (Phi) is 9.40. The lowest BCUT2D eigenvalue weighted by Gasteiger charge is -2.09. The molecule has 116 valence electrons. The first-order valence-corrected chi connectivity index (χ1v) is 8.11. The number of hydrogen-bond acceptors (Lipinski definition) is 2. The molecule has 2 nitrogen and oxygen atoms in total. The van der Waals surface area contributed by atoms with Crippen molar-refractivity contribution in [3.63, 3.8) is 0 Å². The predicted octanol–water partition coefficient (Wildman–Crippen LogP) is 4.47. The third kappa shape index (κ3) is 7.78. The molecule has 0 fully saturated rings. The van der Waals surface area contributed by atoms with E-state index < -0.39 is 0 Å². The molecule has 0 saturated heterocycles. The highest BCUT2D eigenvalue weighted by atomic mass is 16.5. The van der Waals surface area contributed by atoms with Gasteiger partial charge in [-0.2, -0.15) is 0 Å². The Balaban J connectivity index is 2.31. The molecule has 0 spiro atoms. The van der Waals surface area contributed by atoms with Gasteiger partial charge in [-0.25, -0.2) is 0 Å². The van der Waals surface area contributed by atoms with Gasteiger partial charge < -0.3 is 9.84 Å². The first kappa shape index (κ1) is 17.6. The smallest absolute Gasteiger partial charge is 0.134 e. The average molecular weight is 288 g/mol. The van der Waals surface area contributed by atoms with E-state index in [0.29, 0.717) is 0 Å². The highest BCUT2D eigenvalue weighted by Crippen LogP contribution is 2.19. The monoisotopic (exact) mass is 288 g/mol. The molecule has 0 radical (unpaired) electrons. The molecule has 0 bridgehead atoms. The van der Waals surface area contributed by atoms with Gasteiger partial charge in [0.05, 0.1) is 12.2 Å². The van der Waals surface area contributed by atoms with Crippen molar-refractivity contribution in [1.82, 2.24) is 0 Å². The van der Waals surface area contributed by atoms with Crippen LogP contribution in [0.15, 0.2) is 18.2 Å². The minimum absolute atomic E-state index is 0.120. The summed E-state index contributed by atoms with van der Waals surface area (Å²) in [5.74, 6) is 6.47. The van der Waals surface area contributed by atoms with Gasteiger partial charge >= 0.3 is 0 Å². The van der Waals surface area contributed by atoms with E-state index in [1.165, 1.54) is 38.5 Å². The lowest BCUT2D eigenvalue weighted by Crippen LogP contribution is -1.99. The number of ether oxygens (including phenoxy) is 1. The van der Waals surface area contributed by atoms with Gasteiger partial charge in [0.15, 0.2) is 0 Å². The number of rotatable bonds is 9. The van der Waals surface area contributed by atoms with Gasteiger partial charge in [0, 0.05) is 0 Å². The molecule has 1 rings (SSSR count). The third-order valence-electron chi connectivity index (χ3n) is 3.44. The standard InChI is InChI=1S/C19H28O2/c1-3-4-5-6-7-8-9-15-21-19-13-12-17(2)16-18(19)11-10-14-20/h12-13,16,20H,3-9,14-15H2,1-2H3. The van der Waals surface area contributed by atoms with E-state index in [9.17, 15) is 0 Å². The summed E-state index contributed by atoms with van der Waals surface area (Å²) >= 11 is 0. The molecule has 0 unspecified atom stereocenters. The summed E-state index contributed by atoms with van der Waals surface area (Å²) in [5.41, 5.74) is 2.02. The van der Waals surface area contributed by atoms with Gasteiger partial charge in [-0.05, 0) is 31.0 Å². The highest BCUT2D eigenvalue weighted by Gasteiger charge is 2.01. The molecule has 0 aromatic heterocycles. The second-order valence-corrected chi connectivity index (χ2v) is 5.43. The number of unbranched alkanes of at least 4 members (excludes halogenated alkanes) is 6. The predicted molar refractivity (Wildman–Crippen MR) is 88.6 cm³/mol. The van der Waals surface area contributed by atoms with E-state index >= 15 is 0 Å². The van der Waals surface area contributed by atoms with Crippen LogP contribution in [0.25, 0.3) is 0 Å². The summed E-state index contributed by atoms with van der Waals surface area (Å²) in [5, 5.41) is 8.81. The number of benzene rings is 1. The fraction of sp³-hybridized carbons (Fsp3) is 0.579. The Morgan fingerprint density at radius 3 is 2.48 bits per heavy atom. The molecular formula is C19H28O2. The van der Waals surface area contributed by atoms with Crippen molar-refractivity contribution in [2.75, 3.05) is 13.2 Å². The molecule has 1 aromatic rings. The van der Waals surface area contributed by atoms with Crippen LogP contribution in [-0.2, 0) is 0 Å². The molecule has 0 heterocycles. The van der Waals surface area contributed by atoms with Gasteiger partial charge in [0.1, 0.15) is 12.4 Å². The Morgan fingerprint density at radius 2 is 1.76 bits per heavy atom. The van der Waals surface area contributed by atoms with Crippen molar-refractivity contribution in [3.05, 3.63) is 29.3 Å². The van der Waals surface area contributed by atoms with Gasteiger partial charge in [0.25, 0.3) is 0 Å². The second-order valence-electron chi connectivity index (χ2n) is 5.43. The van der Waals surface area contributed by atoms with Crippen molar-refractivity contribution in [2.24, 2.45) is 0 Å². The summed E-state index contributed by atoms with van der Waals surface area (Å²) in [7, 11) is 0. The summed E-state index contributed by atoms with van der Waals surface area (Å²) in [6.07, 6.45) is 8.97. The fourth-order valence-corrected chi connectivity index (χ4v) is 2.24. The summed E-state index contributed by atoms with van der Waals surface area (Å²) < 4.78 is 5.83. The van der Waals surface area contributed by atoms with Gasteiger partial charge in [-0.1, -0.05) is 63.4 Å². The zero-order chi connectivity index (χ0) is 15.3. The van der Waals surface area contributed by atoms with E-state index in [-0.39, 0.29) is 6.61 Å². The zero-order valence-electron chi connectivity index (χ0n) is 13.5. The van der Waals surface area contributed by atoms with Crippen molar-refractivity contribution >= 4 is 0 Å². The number of hydrogen-bond donors (Lipinski definition) is 1. The average Bonchev–Trinajstić information content (AvgIpc) is 2.49. The van der Waals surface area contributed by atoms with Crippen LogP contribution in [0.5, 0.6) is 5.75 Å². The van der Waals surface area contributed by atoms with Crippen molar-refractivity contribution < 1.29 is 9.84 Å². The number of aliphatic hydroxyl groups excluding tert-OH is 1. The highest BCUT2D eigenvalue weighted by molar-refractivity contribution is 5.48. The first-order chi connectivity index (χ1) is 10.3. The topological polar surface area (TPSA) is 29.5 Å². The van der Waals surface area contributed by atoms with Crippen molar-refractivity contribution in [1.29, 1.82) is 0 Å². The minimum Gasteiger partial charge on any atom is -0.492 e. The fourth-order valence-electron chi connectivity index (χ4n) is 2.24. The molecule has 0 aliphatic rings. The van der Waals surface area contributed by atoms with E-state index in [1.54, 1.807) is 0 Å². The van der Waals surface area contributed by atoms with Crippen molar-refractivity contribution in [2.45, 2.75) is 58.8 Å². The SMILES string of the molecule is CCCCCCCCCOc1ccc(C)cc1C#CCO. The van der Waals surface area contributed by atoms with Crippen LogP contribution in [-0.4, -0.2) is 18.3 Å². The molecule has 1 N–H and O–H groups in total. The Hall–Kier alpha value is -1.46. The molecular weight excluding hydrogens is 260 g/mol. The quantitative estimate of drug-likeness (QED) is 0.536. The molecule has 1 aromatic carbocycles. The molecule has 0 aliphatic carbocycles. The van der Waals surface area contributed by atoms with E-state index in [0.717, 1.165) is 29.9 Å². The number of aryl methyl sites for hydroxylation is 1. The maximum atomic E-state index is 8.81. The summed E-state index contributed by atoms with van der Waals surface area (Å²) in [6, 6.07) is 6.00. The molecule has 0 amide bonds. The van der Waals surface area contributed by atoms with Crippen LogP contribution < -0.4 is 4.74 Å². The Bertz CT molecular complexity index is 454. The molecule has 2 heteroatoms. The van der Waals surface area contributed by atoms with Gasteiger partial charge in [-0.15, -0.1) is 0 Å².